The number of sulfonamides is 1. The fourth-order valence-corrected chi connectivity index (χ4v) is 5.90. The highest BCUT2D eigenvalue weighted by atomic mass is 32.2. The molecule has 1 amide bonds. The normalized spacial score (nSPS) is 16.4. The monoisotopic (exact) mass is 428 g/mol. The van der Waals surface area contributed by atoms with E-state index < -0.39 is 10.0 Å². The van der Waals surface area contributed by atoms with E-state index in [1.54, 1.807) is 16.4 Å². The van der Waals surface area contributed by atoms with Crippen molar-refractivity contribution in [1.29, 1.82) is 0 Å². The van der Waals surface area contributed by atoms with Crippen molar-refractivity contribution in [3.8, 4) is 0 Å². The van der Waals surface area contributed by atoms with Crippen LogP contribution in [0.4, 0.5) is 0 Å². The van der Waals surface area contributed by atoms with Gasteiger partial charge in [-0.05, 0) is 60.9 Å². The van der Waals surface area contributed by atoms with E-state index in [1.165, 1.54) is 0 Å². The van der Waals surface area contributed by atoms with Crippen LogP contribution < -0.4 is 5.32 Å². The summed E-state index contributed by atoms with van der Waals surface area (Å²) in [5, 5.41) is 3.03. The van der Waals surface area contributed by atoms with Crippen LogP contribution in [-0.2, 0) is 15.4 Å². The second kappa shape index (κ2) is 8.52. The molecule has 1 heterocycles. The Morgan fingerprint density at radius 3 is 2.03 bits per heavy atom. The van der Waals surface area contributed by atoms with Gasteiger partial charge < -0.3 is 5.32 Å². The molecule has 1 saturated heterocycles. The fourth-order valence-electron chi connectivity index (χ4n) is 4.02. The second-order valence-electron chi connectivity index (χ2n) is 9.21. The summed E-state index contributed by atoms with van der Waals surface area (Å²) >= 11 is 0. The van der Waals surface area contributed by atoms with Gasteiger partial charge in [0.05, 0.1) is 4.90 Å². The molecular weight excluding hydrogens is 396 g/mol. The van der Waals surface area contributed by atoms with E-state index in [9.17, 15) is 13.2 Å². The summed E-state index contributed by atoms with van der Waals surface area (Å²) in [6, 6.07) is 13.1. The molecule has 0 aromatic heterocycles. The highest BCUT2D eigenvalue weighted by Crippen LogP contribution is 2.31. The lowest BCUT2D eigenvalue weighted by Gasteiger charge is -2.32. The van der Waals surface area contributed by atoms with Gasteiger partial charge in [0.15, 0.2) is 0 Å². The highest BCUT2D eigenvalue weighted by molar-refractivity contribution is 7.89. The summed E-state index contributed by atoms with van der Waals surface area (Å²) in [4.78, 5) is 12.8. The third kappa shape index (κ3) is 4.76. The van der Waals surface area contributed by atoms with Gasteiger partial charge in [-0.2, -0.15) is 4.31 Å². The molecule has 0 bridgehead atoms. The van der Waals surface area contributed by atoms with Crippen molar-refractivity contribution in [2.45, 2.75) is 63.8 Å². The van der Waals surface area contributed by atoms with Gasteiger partial charge in [0, 0.05) is 24.7 Å². The first-order chi connectivity index (χ1) is 14.0. The van der Waals surface area contributed by atoms with Gasteiger partial charge in [0.25, 0.3) is 5.91 Å². The molecule has 162 valence electrons. The zero-order valence-corrected chi connectivity index (χ0v) is 19.3. The van der Waals surface area contributed by atoms with Crippen molar-refractivity contribution in [2.24, 2.45) is 0 Å². The first-order valence-electron chi connectivity index (χ1n) is 10.5. The minimum absolute atomic E-state index is 0.0189. The zero-order chi connectivity index (χ0) is 22.1. The molecule has 0 radical (unpaired) electrons. The molecule has 30 heavy (non-hydrogen) atoms. The highest BCUT2D eigenvalue weighted by Gasteiger charge is 2.32. The lowest BCUT2D eigenvalue weighted by atomic mass is 9.85. The van der Waals surface area contributed by atoms with Crippen LogP contribution in [-0.4, -0.2) is 37.8 Å². The number of aryl methyl sites for hydroxylation is 2. The van der Waals surface area contributed by atoms with Crippen molar-refractivity contribution in [2.75, 3.05) is 13.1 Å². The SMILES string of the molecule is Cc1cc(C(C)(C)C)cc(C)c1S(=O)(=O)N1CCC(NC(=O)c2ccccc2)CC1. The fraction of sp³-hybridized carbons (Fsp3) is 0.458. The summed E-state index contributed by atoms with van der Waals surface area (Å²) in [5.41, 5.74) is 3.31. The number of rotatable bonds is 4. The Hall–Kier alpha value is -2.18. The van der Waals surface area contributed by atoms with Crippen LogP contribution >= 0.6 is 0 Å². The molecule has 2 aromatic rings. The topological polar surface area (TPSA) is 66.5 Å². The third-order valence-electron chi connectivity index (χ3n) is 5.75. The molecule has 0 unspecified atom stereocenters. The number of hydrogen-bond donors (Lipinski definition) is 1. The quantitative estimate of drug-likeness (QED) is 0.794. The summed E-state index contributed by atoms with van der Waals surface area (Å²) in [7, 11) is -3.57. The van der Waals surface area contributed by atoms with Gasteiger partial charge in [-0.1, -0.05) is 51.1 Å². The zero-order valence-electron chi connectivity index (χ0n) is 18.5. The Labute approximate surface area is 180 Å². The summed E-state index contributed by atoms with van der Waals surface area (Å²) in [6.07, 6.45) is 1.21. The maximum absolute atomic E-state index is 13.4. The van der Waals surface area contributed by atoms with Gasteiger partial charge in [-0.15, -0.1) is 0 Å². The second-order valence-corrected chi connectivity index (χ2v) is 11.1. The van der Waals surface area contributed by atoms with Gasteiger partial charge in [0.1, 0.15) is 0 Å². The van der Waals surface area contributed by atoms with Gasteiger partial charge in [-0.25, -0.2) is 8.42 Å². The Balaban J connectivity index is 1.71. The number of nitrogens with one attached hydrogen (secondary N) is 1. The Morgan fingerprint density at radius 1 is 1.00 bits per heavy atom. The molecule has 0 spiro atoms. The molecule has 1 aliphatic rings. The average molecular weight is 429 g/mol. The van der Waals surface area contributed by atoms with Gasteiger partial charge in [0.2, 0.25) is 10.0 Å². The molecule has 0 aliphatic carbocycles. The van der Waals surface area contributed by atoms with Crippen molar-refractivity contribution in [3.63, 3.8) is 0 Å². The van der Waals surface area contributed by atoms with Crippen LogP contribution in [0.15, 0.2) is 47.4 Å². The predicted octanol–water partition coefficient (Wildman–Crippen LogP) is 4.18. The molecule has 0 saturated carbocycles. The third-order valence-corrected chi connectivity index (χ3v) is 7.95. The molecule has 0 atom stereocenters. The van der Waals surface area contributed by atoms with Gasteiger partial charge in [-0.3, -0.25) is 4.79 Å². The lowest BCUT2D eigenvalue weighted by Crippen LogP contribution is -2.46. The van der Waals surface area contributed by atoms with Crippen molar-refractivity contribution in [1.82, 2.24) is 9.62 Å². The smallest absolute Gasteiger partial charge is 0.251 e. The van der Waals surface area contributed by atoms with Gasteiger partial charge >= 0.3 is 0 Å². The molecule has 2 aromatic carbocycles. The summed E-state index contributed by atoms with van der Waals surface area (Å²) in [5.74, 6) is -0.110. The summed E-state index contributed by atoms with van der Waals surface area (Å²) < 4.78 is 28.3. The largest absolute Gasteiger partial charge is 0.349 e. The Morgan fingerprint density at radius 2 is 1.53 bits per heavy atom. The number of carbonyl (C=O) groups excluding carboxylic acids is 1. The molecule has 1 N–H and O–H groups in total. The van der Waals surface area contributed by atoms with Crippen LogP contribution in [0.25, 0.3) is 0 Å². The van der Waals surface area contributed by atoms with E-state index in [2.05, 4.69) is 26.1 Å². The van der Waals surface area contributed by atoms with Crippen LogP contribution in [0, 0.1) is 13.8 Å². The standard InChI is InChI=1S/C24H32N2O3S/c1-17-15-20(24(3,4)5)16-18(2)22(17)30(28,29)26-13-11-21(12-14-26)25-23(27)19-9-7-6-8-10-19/h6-10,15-16,21H,11-14H2,1-5H3,(H,25,27). The number of piperidine rings is 1. The molecule has 1 aliphatic heterocycles. The maximum Gasteiger partial charge on any atom is 0.251 e. The summed E-state index contributed by atoms with van der Waals surface area (Å²) in [6.45, 7) is 10.9. The molecular formula is C24H32N2O3S. The van der Waals surface area contributed by atoms with E-state index in [0.29, 0.717) is 36.4 Å². The molecule has 6 heteroatoms. The van der Waals surface area contributed by atoms with E-state index in [1.807, 2.05) is 44.2 Å². The Kier molecular flexibility index (Phi) is 6.39. The molecule has 5 nitrogen and oxygen atoms in total. The number of carbonyl (C=O) groups is 1. The number of nitrogens with zero attached hydrogens (tertiary/aromatic N) is 1. The molecule has 3 rings (SSSR count). The number of hydrogen-bond acceptors (Lipinski definition) is 3. The minimum Gasteiger partial charge on any atom is -0.349 e. The van der Waals surface area contributed by atoms with Crippen molar-refractivity contribution in [3.05, 3.63) is 64.7 Å². The van der Waals surface area contributed by atoms with Crippen LogP contribution in [0.2, 0.25) is 0 Å². The predicted molar refractivity (Wildman–Crippen MR) is 120 cm³/mol. The van der Waals surface area contributed by atoms with Crippen molar-refractivity contribution >= 4 is 15.9 Å². The molecule has 1 fully saturated rings. The van der Waals surface area contributed by atoms with Crippen LogP contribution in [0.3, 0.4) is 0 Å². The van der Waals surface area contributed by atoms with E-state index in [-0.39, 0.29) is 17.4 Å². The minimum atomic E-state index is -3.57. The maximum atomic E-state index is 13.4. The first kappa shape index (κ1) is 22.5. The van der Waals surface area contributed by atoms with Crippen LogP contribution in [0.1, 0.15) is 60.7 Å². The number of amides is 1. The van der Waals surface area contributed by atoms with Crippen LogP contribution in [0.5, 0.6) is 0 Å². The van der Waals surface area contributed by atoms with E-state index in [4.69, 9.17) is 0 Å². The average Bonchev–Trinajstić information content (AvgIpc) is 2.67. The van der Waals surface area contributed by atoms with E-state index >= 15 is 0 Å². The van der Waals surface area contributed by atoms with Crippen molar-refractivity contribution < 1.29 is 13.2 Å². The lowest BCUT2D eigenvalue weighted by molar-refractivity contribution is 0.0924. The number of benzene rings is 2. The first-order valence-corrected chi connectivity index (χ1v) is 11.9. The van der Waals surface area contributed by atoms with E-state index in [0.717, 1.165) is 16.7 Å². The Bertz CT molecular complexity index is 993.